The Morgan fingerprint density at radius 1 is 1.04 bits per heavy atom. The number of aromatic hydroxyl groups is 2. The van der Waals surface area contributed by atoms with E-state index in [-0.39, 0.29) is 17.9 Å². The molecule has 0 aromatic heterocycles. The first kappa shape index (κ1) is 18.4. The standard InChI is InChI=1S/C16H19O7P/c1-10(11-3-2-4-12(17)7-11)9-16(19,20)14-8-13(18)5-6-15(14)24(21,22)23/h2-8,10,17-20H,9H2,1H3,(H2,21,22,23). The summed E-state index contributed by atoms with van der Waals surface area (Å²) in [5.41, 5.74) is 0.170. The zero-order valence-corrected chi connectivity index (χ0v) is 13.8. The van der Waals surface area contributed by atoms with E-state index in [9.17, 15) is 34.8 Å². The summed E-state index contributed by atoms with van der Waals surface area (Å²) in [6.45, 7) is 1.68. The highest BCUT2D eigenvalue weighted by atomic mass is 31.2. The number of hydrogen-bond acceptors (Lipinski definition) is 5. The van der Waals surface area contributed by atoms with Gasteiger partial charge in [0, 0.05) is 12.0 Å². The van der Waals surface area contributed by atoms with Crippen molar-refractivity contribution in [2.45, 2.75) is 25.0 Å². The molecule has 24 heavy (non-hydrogen) atoms. The van der Waals surface area contributed by atoms with Crippen molar-refractivity contribution in [3.05, 3.63) is 53.6 Å². The van der Waals surface area contributed by atoms with E-state index in [2.05, 4.69) is 0 Å². The fourth-order valence-electron chi connectivity index (χ4n) is 2.58. The third-order valence-electron chi connectivity index (χ3n) is 3.76. The molecule has 7 nitrogen and oxygen atoms in total. The number of hydrogen-bond donors (Lipinski definition) is 6. The Balaban J connectivity index is 2.40. The molecule has 2 aromatic rings. The minimum Gasteiger partial charge on any atom is -0.508 e. The minimum absolute atomic E-state index is 0.0223. The summed E-state index contributed by atoms with van der Waals surface area (Å²) in [5.74, 6) is -3.35. The lowest BCUT2D eigenvalue weighted by molar-refractivity contribution is -0.176. The van der Waals surface area contributed by atoms with Crippen LogP contribution in [0.5, 0.6) is 11.5 Å². The lowest BCUT2D eigenvalue weighted by Crippen LogP contribution is -2.33. The number of phenols is 2. The van der Waals surface area contributed by atoms with Gasteiger partial charge in [0.25, 0.3) is 0 Å². The molecule has 0 aliphatic carbocycles. The van der Waals surface area contributed by atoms with Crippen molar-refractivity contribution in [2.75, 3.05) is 0 Å². The van der Waals surface area contributed by atoms with Gasteiger partial charge in [-0.25, -0.2) is 0 Å². The summed E-state index contributed by atoms with van der Waals surface area (Å²) in [5, 5.41) is 39.3. The first-order chi connectivity index (χ1) is 11.0. The number of rotatable bonds is 5. The van der Waals surface area contributed by atoms with Crippen molar-refractivity contribution in [1.29, 1.82) is 0 Å². The van der Waals surface area contributed by atoms with E-state index < -0.39 is 30.2 Å². The van der Waals surface area contributed by atoms with E-state index in [0.717, 1.165) is 18.2 Å². The lowest BCUT2D eigenvalue weighted by Gasteiger charge is -2.28. The molecular formula is C16H19O7P. The molecule has 2 aromatic carbocycles. The molecule has 0 amide bonds. The first-order valence-corrected chi connectivity index (χ1v) is 8.75. The third-order valence-corrected chi connectivity index (χ3v) is 4.77. The molecule has 0 saturated heterocycles. The molecule has 0 saturated carbocycles. The second kappa shape index (κ2) is 6.55. The van der Waals surface area contributed by atoms with Crippen LogP contribution in [0.4, 0.5) is 0 Å². The highest BCUT2D eigenvalue weighted by Gasteiger charge is 2.36. The molecule has 8 heteroatoms. The van der Waals surface area contributed by atoms with Gasteiger partial charge in [-0.2, -0.15) is 0 Å². The zero-order valence-electron chi connectivity index (χ0n) is 12.9. The summed E-state index contributed by atoms with van der Waals surface area (Å²) in [6.07, 6.45) is -0.299. The monoisotopic (exact) mass is 354 g/mol. The van der Waals surface area contributed by atoms with Crippen LogP contribution in [0.2, 0.25) is 0 Å². The molecule has 6 N–H and O–H groups in total. The van der Waals surface area contributed by atoms with E-state index in [4.69, 9.17) is 0 Å². The van der Waals surface area contributed by atoms with Gasteiger partial charge >= 0.3 is 7.60 Å². The van der Waals surface area contributed by atoms with Gasteiger partial charge in [0.2, 0.25) is 0 Å². The summed E-state index contributed by atoms with van der Waals surface area (Å²) >= 11 is 0. The Morgan fingerprint density at radius 2 is 1.67 bits per heavy atom. The van der Waals surface area contributed by atoms with E-state index in [1.54, 1.807) is 19.1 Å². The van der Waals surface area contributed by atoms with Crippen LogP contribution in [-0.4, -0.2) is 30.2 Å². The van der Waals surface area contributed by atoms with Crippen LogP contribution in [0.25, 0.3) is 0 Å². The van der Waals surface area contributed by atoms with Gasteiger partial charge in [0.15, 0.2) is 5.79 Å². The molecule has 1 unspecified atom stereocenters. The largest absolute Gasteiger partial charge is 0.508 e. The van der Waals surface area contributed by atoms with Crippen molar-refractivity contribution in [2.24, 2.45) is 0 Å². The number of phenolic OH excluding ortho intramolecular Hbond substituents is 2. The van der Waals surface area contributed by atoms with Crippen molar-refractivity contribution in [1.82, 2.24) is 0 Å². The van der Waals surface area contributed by atoms with Gasteiger partial charge in [-0.3, -0.25) is 4.57 Å². The smallest absolute Gasteiger partial charge is 0.356 e. The van der Waals surface area contributed by atoms with Crippen LogP contribution in [-0.2, 0) is 10.4 Å². The second-order valence-corrected chi connectivity index (χ2v) is 7.33. The Bertz CT molecular complexity index is 782. The normalized spacial score (nSPS) is 13.7. The van der Waals surface area contributed by atoms with Crippen LogP contribution < -0.4 is 5.30 Å². The number of aliphatic hydroxyl groups is 2. The molecule has 2 rings (SSSR count). The minimum atomic E-state index is -4.77. The van der Waals surface area contributed by atoms with Gasteiger partial charge in [-0.1, -0.05) is 19.1 Å². The molecule has 1 atom stereocenters. The fourth-order valence-corrected chi connectivity index (χ4v) is 3.41. The van der Waals surface area contributed by atoms with Crippen molar-refractivity contribution >= 4 is 12.9 Å². The van der Waals surface area contributed by atoms with E-state index in [1.807, 2.05) is 0 Å². The maximum Gasteiger partial charge on any atom is 0.356 e. The zero-order chi connectivity index (χ0) is 18.1. The van der Waals surface area contributed by atoms with E-state index >= 15 is 0 Å². The van der Waals surface area contributed by atoms with Crippen LogP contribution in [0.1, 0.15) is 30.4 Å². The molecule has 0 fully saturated rings. The lowest BCUT2D eigenvalue weighted by atomic mass is 9.89. The number of benzene rings is 2. The maximum atomic E-state index is 11.6. The summed E-state index contributed by atoms with van der Waals surface area (Å²) in [4.78, 5) is 18.8. The average molecular weight is 354 g/mol. The molecule has 130 valence electrons. The molecule has 0 bridgehead atoms. The summed E-state index contributed by atoms with van der Waals surface area (Å²) in [6, 6.07) is 9.18. The molecule has 0 heterocycles. The van der Waals surface area contributed by atoms with E-state index in [1.165, 1.54) is 12.1 Å². The Labute approximate surface area is 138 Å². The van der Waals surface area contributed by atoms with Crippen molar-refractivity contribution < 1.29 is 34.8 Å². The van der Waals surface area contributed by atoms with Gasteiger partial charge in [-0.05, 0) is 41.8 Å². The Hall–Kier alpha value is -1.89. The average Bonchev–Trinajstić information content (AvgIpc) is 2.45. The summed E-state index contributed by atoms with van der Waals surface area (Å²) < 4.78 is 11.6. The first-order valence-electron chi connectivity index (χ1n) is 7.14. The van der Waals surface area contributed by atoms with Crippen LogP contribution in [0.3, 0.4) is 0 Å². The molecule has 0 aliphatic rings. The predicted octanol–water partition coefficient (Wildman–Crippen LogP) is 1.23. The Morgan fingerprint density at radius 3 is 2.25 bits per heavy atom. The van der Waals surface area contributed by atoms with Gasteiger partial charge in [-0.15, -0.1) is 0 Å². The topological polar surface area (TPSA) is 138 Å². The van der Waals surface area contributed by atoms with Gasteiger partial charge in [0.05, 0.1) is 5.30 Å². The second-order valence-electron chi connectivity index (χ2n) is 5.76. The SMILES string of the molecule is CC(CC(O)(O)c1cc(O)ccc1P(=O)(O)O)c1cccc(O)c1. The third kappa shape index (κ3) is 4.14. The van der Waals surface area contributed by atoms with Gasteiger partial charge in [0.1, 0.15) is 11.5 Å². The highest BCUT2D eigenvalue weighted by molar-refractivity contribution is 7.60. The van der Waals surface area contributed by atoms with Gasteiger partial charge < -0.3 is 30.2 Å². The Kier molecular flexibility index (Phi) is 5.03. The van der Waals surface area contributed by atoms with Crippen LogP contribution in [0.15, 0.2) is 42.5 Å². The van der Waals surface area contributed by atoms with Crippen molar-refractivity contribution in [3.63, 3.8) is 0 Å². The molecular weight excluding hydrogens is 335 g/mol. The predicted molar refractivity (Wildman–Crippen MR) is 87.0 cm³/mol. The molecule has 0 radical (unpaired) electrons. The molecule has 0 aliphatic heterocycles. The fraction of sp³-hybridized carbons (Fsp3) is 0.250. The van der Waals surface area contributed by atoms with Crippen LogP contribution >= 0.6 is 7.60 Å². The quantitative estimate of drug-likeness (QED) is 0.351. The van der Waals surface area contributed by atoms with Crippen LogP contribution in [0, 0.1) is 0 Å². The van der Waals surface area contributed by atoms with E-state index in [0.29, 0.717) is 5.56 Å². The maximum absolute atomic E-state index is 11.6. The van der Waals surface area contributed by atoms with Crippen molar-refractivity contribution in [3.8, 4) is 11.5 Å². The highest BCUT2D eigenvalue weighted by Crippen LogP contribution is 2.40. The molecule has 0 spiro atoms. The summed E-state index contributed by atoms with van der Waals surface area (Å²) in [7, 11) is -4.77.